The van der Waals surface area contributed by atoms with Gasteiger partial charge >= 0.3 is 0 Å². The molecule has 1 aliphatic rings. The first-order valence-corrected chi connectivity index (χ1v) is 8.77. The van der Waals surface area contributed by atoms with Crippen molar-refractivity contribution in [2.75, 3.05) is 17.7 Å². The third kappa shape index (κ3) is 3.19. The number of pyridine rings is 1. The van der Waals surface area contributed by atoms with E-state index in [2.05, 4.69) is 20.3 Å². The zero-order valence-corrected chi connectivity index (χ0v) is 14.8. The number of aromatic nitrogens is 3. The predicted octanol–water partition coefficient (Wildman–Crippen LogP) is 1.03. The average Bonchev–Trinajstić information content (AvgIpc) is 3.17. The fourth-order valence-corrected chi connectivity index (χ4v) is 3.66. The lowest BCUT2D eigenvalue weighted by molar-refractivity contribution is 0.00446. The van der Waals surface area contributed by atoms with E-state index in [0.29, 0.717) is 23.5 Å². The highest BCUT2D eigenvalue weighted by atomic mass is 35.5. The van der Waals surface area contributed by atoms with Gasteiger partial charge in [0.1, 0.15) is 22.8 Å². The van der Waals surface area contributed by atoms with Gasteiger partial charge in [-0.25, -0.2) is 9.97 Å². The lowest BCUT2D eigenvalue weighted by atomic mass is 10.1. The molecule has 1 fully saturated rings. The first-order valence-electron chi connectivity index (χ1n) is 8.39. The molecule has 0 saturated heterocycles. The third-order valence-corrected chi connectivity index (χ3v) is 5.05. The van der Waals surface area contributed by atoms with Crippen LogP contribution in [-0.4, -0.2) is 55.1 Å². The van der Waals surface area contributed by atoms with Crippen LogP contribution in [0.4, 0.5) is 11.8 Å². The number of aliphatic hydroxyl groups is 3. The molecule has 0 aromatic carbocycles. The van der Waals surface area contributed by atoms with Gasteiger partial charge in [-0.15, -0.1) is 0 Å². The molecule has 0 spiro atoms. The van der Waals surface area contributed by atoms with Gasteiger partial charge in [0, 0.05) is 24.1 Å². The molecule has 6 N–H and O–H groups in total. The van der Waals surface area contributed by atoms with E-state index in [9.17, 15) is 15.3 Å². The fourth-order valence-electron chi connectivity index (χ4n) is 3.39. The maximum Gasteiger partial charge on any atom is 0.226 e. The van der Waals surface area contributed by atoms with Crippen LogP contribution in [0.3, 0.4) is 0 Å². The van der Waals surface area contributed by atoms with Crippen molar-refractivity contribution in [3.63, 3.8) is 0 Å². The third-order valence-electron chi connectivity index (χ3n) is 4.78. The van der Waals surface area contributed by atoms with E-state index in [1.54, 1.807) is 18.3 Å². The number of anilines is 2. The molecule has 4 atom stereocenters. The summed E-state index contributed by atoms with van der Waals surface area (Å²) in [6.07, 6.45) is -0.161. The Morgan fingerprint density at radius 1 is 1.30 bits per heavy atom. The standard InChI is InChI=1S/C17H18ClN5O4/c18-14-11(10-5-7-2-1-3-20-16(7)27-10)15(23-17(19)22-14)21-9-4-8(6-24)12(25)13(9)26/h1-3,5,8-9,12-13,24-26H,4,6H2,(H3,19,21,22,23)/t8-,9-,12-,13+/m1/s1. The first-order chi connectivity index (χ1) is 13.0. The summed E-state index contributed by atoms with van der Waals surface area (Å²) in [6, 6.07) is 4.83. The van der Waals surface area contributed by atoms with E-state index >= 15 is 0 Å². The SMILES string of the molecule is Nc1nc(Cl)c(-c2cc3cccnc3o2)c(N[C@@H]2C[C@H](CO)[C@@H](O)[C@H]2O)n1. The molecule has 0 aliphatic heterocycles. The Hall–Kier alpha value is -2.46. The maximum atomic E-state index is 10.3. The molecular weight excluding hydrogens is 374 g/mol. The van der Waals surface area contributed by atoms with E-state index in [-0.39, 0.29) is 23.5 Å². The summed E-state index contributed by atoms with van der Waals surface area (Å²) in [7, 11) is 0. The summed E-state index contributed by atoms with van der Waals surface area (Å²) in [5.41, 5.74) is 6.54. The lowest BCUT2D eigenvalue weighted by Gasteiger charge is -2.20. The zero-order valence-electron chi connectivity index (χ0n) is 14.1. The molecule has 142 valence electrons. The number of hydrogen-bond donors (Lipinski definition) is 5. The Kier molecular flexibility index (Phi) is 4.60. The molecule has 3 aromatic rings. The summed E-state index contributed by atoms with van der Waals surface area (Å²) in [6.45, 7) is -0.231. The molecular formula is C17H18ClN5O4. The molecule has 0 unspecified atom stereocenters. The lowest BCUT2D eigenvalue weighted by Crippen LogP contribution is -2.35. The van der Waals surface area contributed by atoms with Gasteiger partial charge in [-0.1, -0.05) is 11.6 Å². The van der Waals surface area contributed by atoms with Crippen LogP contribution in [0.25, 0.3) is 22.4 Å². The topological polar surface area (TPSA) is 151 Å². The van der Waals surface area contributed by atoms with Gasteiger partial charge in [0.15, 0.2) is 0 Å². The molecule has 1 saturated carbocycles. The number of nitrogens with one attached hydrogen (secondary N) is 1. The van der Waals surface area contributed by atoms with E-state index in [1.807, 2.05) is 6.07 Å². The summed E-state index contributed by atoms with van der Waals surface area (Å²) < 4.78 is 5.76. The Labute approximate surface area is 158 Å². The molecule has 10 heteroatoms. The van der Waals surface area contributed by atoms with Gasteiger partial charge in [0.05, 0.1) is 17.7 Å². The number of nitrogens with two attached hydrogens (primary N) is 1. The molecule has 9 nitrogen and oxygen atoms in total. The van der Waals surface area contributed by atoms with Crippen LogP contribution in [0.15, 0.2) is 28.8 Å². The van der Waals surface area contributed by atoms with Crippen LogP contribution in [-0.2, 0) is 0 Å². The van der Waals surface area contributed by atoms with Crippen molar-refractivity contribution in [1.29, 1.82) is 0 Å². The Balaban J connectivity index is 1.75. The second-order valence-electron chi connectivity index (χ2n) is 6.52. The van der Waals surface area contributed by atoms with Crippen LogP contribution < -0.4 is 11.1 Å². The minimum Gasteiger partial charge on any atom is -0.437 e. The van der Waals surface area contributed by atoms with E-state index in [0.717, 1.165) is 5.39 Å². The maximum absolute atomic E-state index is 10.3. The van der Waals surface area contributed by atoms with Crippen LogP contribution >= 0.6 is 11.6 Å². The Bertz CT molecular complexity index is 948. The molecule has 0 amide bonds. The quantitative estimate of drug-likeness (QED) is 0.411. The molecule has 0 bridgehead atoms. The summed E-state index contributed by atoms with van der Waals surface area (Å²) in [5, 5.41) is 33.6. The van der Waals surface area contributed by atoms with E-state index < -0.39 is 24.2 Å². The fraction of sp³-hybridized carbons (Fsp3) is 0.353. The second kappa shape index (κ2) is 6.93. The van der Waals surface area contributed by atoms with Crippen molar-refractivity contribution < 1.29 is 19.7 Å². The molecule has 3 heterocycles. The minimum absolute atomic E-state index is 0.0489. The normalized spacial score (nSPS) is 25.2. The van der Waals surface area contributed by atoms with Gasteiger partial charge in [-0.3, -0.25) is 0 Å². The van der Waals surface area contributed by atoms with Crippen molar-refractivity contribution in [2.45, 2.75) is 24.7 Å². The zero-order chi connectivity index (χ0) is 19.1. The highest BCUT2D eigenvalue weighted by Gasteiger charge is 2.41. The number of rotatable bonds is 4. The summed E-state index contributed by atoms with van der Waals surface area (Å²) in [4.78, 5) is 12.3. The largest absolute Gasteiger partial charge is 0.437 e. The van der Waals surface area contributed by atoms with Crippen molar-refractivity contribution in [3.05, 3.63) is 29.5 Å². The highest BCUT2D eigenvalue weighted by Crippen LogP contribution is 2.38. The molecule has 0 radical (unpaired) electrons. The van der Waals surface area contributed by atoms with Crippen molar-refractivity contribution in [3.8, 4) is 11.3 Å². The predicted molar refractivity (Wildman–Crippen MR) is 99.1 cm³/mol. The van der Waals surface area contributed by atoms with Gasteiger partial charge in [0.25, 0.3) is 0 Å². The average molecular weight is 392 g/mol. The molecule has 4 rings (SSSR count). The smallest absolute Gasteiger partial charge is 0.226 e. The number of furan rings is 1. The van der Waals surface area contributed by atoms with Crippen molar-refractivity contribution in [1.82, 2.24) is 15.0 Å². The van der Waals surface area contributed by atoms with Crippen LogP contribution in [0.1, 0.15) is 6.42 Å². The van der Waals surface area contributed by atoms with Crippen LogP contribution in [0, 0.1) is 5.92 Å². The van der Waals surface area contributed by atoms with Crippen molar-refractivity contribution in [2.24, 2.45) is 5.92 Å². The monoisotopic (exact) mass is 391 g/mol. The van der Waals surface area contributed by atoms with E-state index in [4.69, 9.17) is 21.8 Å². The number of hydrogen-bond acceptors (Lipinski definition) is 9. The highest BCUT2D eigenvalue weighted by molar-refractivity contribution is 6.32. The van der Waals surface area contributed by atoms with Crippen LogP contribution in [0.5, 0.6) is 0 Å². The summed E-state index contributed by atoms with van der Waals surface area (Å²) >= 11 is 6.30. The molecule has 1 aliphatic carbocycles. The first kappa shape index (κ1) is 17.9. The minimum atomic E-state index is -1.08. The van der Waals surface area contributed by atoms with Gasteiger partial charge in [-0.05, 0) is 24.6 Å². The number of fused-ring (bicyclic) bond motifs is 1. The Morgan fingerprint density at radius 3 is 2.81 bits per heavy atom. The van der Waals surface area contributed by atoms with Crippen molar-refractivity contribution >= 4 is 34.5 Å². The Morgan fingerprint density at radius 2 is 2.11 bits per heavy atom. The van der Waals surface area contributed by atoms with E-state index in [1.165, 1.54) is 0 Å². The number of nitrogen functional groups attached to an aromatic ring is 1. The number of halogens is 1. The molecule has 3 aromatic heterocycles. The van der Waals surface area contributed by atoms with Gasteiger partial charge in [-0.2, -0.15) is 4.98 Å². The van der Waals surface area contributed by atoms with Gasteiger partial charge < -0.3 is 30.8 Å². The molecule has 27 heavy (non-hydrogen) atoms. The van der Waals surface area contributed by atoms with Crippen LogP contribution in [0.2, 0.25) is 5.15 Å². The number of nitrogens with zero attached hydrogens (tertiary/aromatic N) is 3. The number of aliphatic hydroxyl groups excluding tert-OH is 3. The van der Waals surface area contributed by atoms with Gasteiger partial charge in [0.2, 0.25) is 11.7 Å². The summed E-state index contributed by atoms with van der Waals surface area (Å²) in [5.74, 6) is 0.169. The second-order valence-corrected chi connectivity index (χ2v) is 6.87.